The Labute approximate surface area is 86.6 Å². The molecule has 0 saturated carbocycles. The number of aromatic nitrogens is 1. The molecule has 3 nitrogen and oxygen atoms in total. The first-order valence-electron chi connectivity index (χ1n) is 3.67. The molecule has 5 heteroatoms. The number of para-hydroxylation sites is 1. The summed E-state index contributed by atoms with van der Waals surface area (Å²) in [5.74, 6) is 5.35. The third-order valence-electron chi connectivity index (χ3n) is 1.86. The molecule has 1 aromatic carbocycles. The van der Waals surface area contributed by atoms with E-state index in [4.69, 9.17) is 5.84 Å². The molecule has 2 aromatic rings. The number of nitrogens with zero attached hydrogens (tertiary/aromatic N) is 1. The average Bonchev–Trinajstić information content (AvgIpc) is 2.44. The predicted molar refractivity (Wildman–Crippen MR) is 50.8 cm³/mol. The van der Waals surface area contributed by atoms with Crippen molar-refractivity contribution in [2.75, 3.05) is 5.43 Å². The maximum absolute atomic E-state index is 5.35. The van der Waals surface area contributed by atoms with Crippen LogP contribution in [-0.4, -0.2) is 0 Å². The van der Waals surface area contributed by atoms with Crippen molar-refractivity contribution in [3.8, 4) is 0 Å². The molecule has 1 heterocycles. The van der Waals surface area contributed by atoms with Gasteiger partial charge in [-0.05, 0) is 23.5 Å². The van der Waals surface area contributed by atoms with Crippen LogP contribution in [0.3, 0.4) is 0 Å². The third-order valence-corrected chi connectivity index (χ3v) is 3.01. The Morgan fingerprint density at radius 2 is 2.08 bits per heavy atom. The van der Waals surface area contributed by atoms with Gasteiger partial charge in [-0.25, -0.2) is 4.57 Å². The summed E-state index contributed by atoms with van der Waals surface area (Å²) >= 11 is 1.65. The zero-order valence-electron chi connectivity index (χ0n) is 7.12. The van der Waals surface area contributed by atoms with Crippen LogP contribution >= 0.6 is 11.3 Å². The second-order valence-corrected chi connectivity index (χ2v) is 3.61. The van der Waals surface area contributed by atoms with Crippen molar-refractivity contribution in [1.29, 1.82) is 0 Å². The van der Waals surface area contributed by atoms with Crippen LogP contribution in [0.4, 0.5) is 5.13 Å². The number of fused-ring (bicyclic) bond motifs is 1. The van der Waals surface area contributed by atoms with Crippen LogP contribution in [0.2, 0.25) is 0 Å². The molecular weight excluding hydrogens is 206 g/mol. The number of aryl methyl sites for hydroxylation is 1. The van der Waals surface area contributed by atoms with Crippen LogP contribution in [0.15, 0.2) is 24.3 Å². The van der Waals surface area contributed by atoms with Gasteiger partial charge in [0.2, 0.25) is 0 Å². The van der Waals surface area contributed by atoms with Gasteiger partial charge < -0.3 is 12.4 Å². The molecule has 70 valence electrons. The van der Waals surface area contributed by atoms with E-state index in [1.165, 1.54) is 10.2 Å². The quantitative estimate of drug-likeness (QED) is 0.329. The van der Waals surface area contributed by atoms with Crippen LogP contribution in [0.25, 0.3) is 10.2 Å². The standard InChI is InChI=1S/C8H9N3S.ClH/c1-11-6-4-2-3-5-7(6)12-8(11)10-9;/h2-5H,9H2,1H3;1H. The van der Waals surface area contributed by atoms with Crippen molar-refractivity contribution >= 4 is 26.7 Å². The highest BCUT2D eigenvalue weighted by Crippen LogP contribution is 2.21. The topological polar surface area (TPSA) is 41.9 Å². The van der Waals surface area contributed by atoms with Crippen molar-refractivity contribution in [2.24, 2.45) is 12.9 Å². The summed E-state index contributed by atoms with van der Waals surface area (Å²) in [7, 11) is 1.99. The summed E-state index contributed by atoms with van der Waals surface area (Å²) in [4.78, 5) is 0. The SMILES string of the molecule is C[n+]1c(NN)sc2ccccc21.[Cl-]. The second kappa shape index (κ2) is 3.91. The molecule has 13 heavy (non-hydrogen) atoms. The number of nitrogens with two attached hydrogens (primary N) is 1. The smallest absolute Gasteiger partial charge is 0.352 e. The number of thiazole rings is 1. The molecule has 2 rings (SSSR count). The largest absolute Gasteiger partial charge is 1.00 e. The van der Waals surface area contributed by atoms with E-state index in [1.807, 2.05) is 23.7 Å². The van der Waals surface area contributed by atoms with Gasteiger partial charge in [0.15, 0.2) is 0 Å². The van der Waals surface area contributed by atoms with Gasteiger partial charge in [-0.3, -0.25) is 0 Å². The Hall–Kier alpha value is -0.840. The lowest BCUT2D eigenvalue weighted by Crippen LogP contribution is -3.00. The Kier molecular flexibility index (Phi) is 3.08. The molecule has 0 amide bonds. The van der Waals surface area contributed by atoms with Gasteiger partial charge >= 0.3 is 5.13 Å². The molecule has 0 atom stereocenters. The number of rotatable bonds is 1. The van der Waals surface area contributed by atoms with Gasteiger partial charge in [-0.1, -0.05) is 12.1 Å². The zero-order valence-corrected chi connectivity index (χ0v) is 8.69. The lowest BCUT2D eigenvalue weighted by atomic mass is 10.3. The minimum Gasteiger partial charge on any atom is -1.00 e. The number of hydrazine groups is 1. The van der Waals surface area contributed by atoms with Crippen molar-refractivity contribution in [1.82, 2.24) is 0 Å². The highest BCUT2D eigenvalue weighted by molar-refractivity contribution is 7.21. The summed E-state index contributed by atoms with van der Waals surface area (Å²) < 4.78 is 3.29. The third kappa shape index (κ3) is 1.60. The number of hydrogen-bond acceptors (Lipinski definition) is 3. The van der Waals surface area contributed by atoms with Gasteiger partial charge in [0.05, 0.1) is 11.7 Å². The van der Waals surface area contributed by atoms with E-state index in [9.17, 15) is 0 Å². The number of benzene rings is 1. The van der Waals surface area contributed by atoms with Gasteiger partial charge in [0.25, 0.3) is 0 Å². The number of hydrogen-bond donors (Lipinski definition) is 2. The normalized spacial score (nSPS) is 9.69. The monoisotopic (exact) mass is 215 g/mol. The first-order chi connectivity index (χ1) is 5.83. The lowest BCUT2D eigenvalue weighted by molar-refractivity contribution is -0.626. The molecule has 3 N–H and O–H groups in total. The van der Waals surface area contributed by atoms with E-state index in [2.05, 4.69) is 17.6 Å². The zero-order chi connectivity index (χ0) is 8.55. The highest BCUT2D eigenvalue weighted by atomic mass is 35.5. The van der Waals surface area contributed by atoms with E-state index in [0.29, 0.717) is 0 Å². The maximum atomic E-state index is 5.35. The molecule has 0 aliphatic carbocycles. The minimum absolute atomic E-state index is 0. The fourth-order valence-corrected chi connectivity index (χ4v) is 2.19. The highest BCUT2D eigenvalue weighted by Gasteiger charge is 2.11. The first-order valence-corrected chi connectivity index (χ1v) is 4.49. The first kappa shape index (κ1) is 10.2. The molecule has 0 saturated heterocycles. The van der Waals surface area contributed by atoms with E-state index < -0.39 is 0 Å². The lowest BCUT2D eigenvalue weighted by Gasteiger charge is -1.89. The number of nitrogens with one attached hydrogen (secondary N) is 1. The van der Waals surface area contributed by atoms with Gasteiger partial charge in [0.1, 0.15) is 5.52 Å². The van der Waals surface area contributed by atoms with E-state index >= 15 is 0 Å². The molecule has 0 spiro atoms. The molecule has 0 fully saturated rings. The average molecular weight is 216 g/mol. The molecule has 0 radical (unpaired) electrons. The summed E-state index contributed by atoms with van der Waals surface area (Å²) in [6.45, 7) is 0. The van der Waals surface area contributed by atoms with Crippen LogP contribution < -0.4 is 28.2 Å². The molecular formula is C8H10ClN3S. The van der Waals surface area contributed by atoms with Gasteiger partial charge in [-0.2, -0.15) is 11.3 Å². The number of nitrogen functional groups attached to an aromatic ring is 1. The minimum atomic E-state index is 0. The summed E-state index contributed by atoms with van der Waals surface area (Å²) in [5, 5.41) is 0.969. The van der Waals surface area contributed by atoms with Crippen molar-refractivity contribution in [3.05, 3.63) is 24.3 Å². The van der Waals surface area contributed by atoms with Crippen molar-refractivity contribution < 1.29 is 17.0 Å². The summed E-state index contributed by atoms with van der Waals surface area (Å²) in [6, 6.07) is 8.21. The molecule has 0 aliphatic heterocycles. The second-order valence-electron chi connectivity index (χ2n) is 2.58. The fraction of sp³-hybridized carbons (Fsp3) is 0.125. The predicted octanol–water partition coefficient (Wildman–Crippen LogP) is -1.98. The van der Waals surface area contributed by atoms with Gasteiger partial charge in [-0.15, -0.1) is 0 Å². The molecule has 0 bridgehead atoms. The van der Waals surface area contributed by atoms with Crippen LogP contribution in [-0.2, 0) is 7.05 Å². The number of anilines is 1. The molecule has 0 unspecified atom stereocenters. The van der Waals surface area contributed by atoms with Crippen LogP contribution in [0.1, 0.15) is 0 Å². The van der Waals surface area contributed by atoms with Crippen molar-refractivity contribution in [3.63, 3.8) is 0 Å². The molecule has 0 aliphatic rings. The summed E-state index contributed by atoms with van der Waals surface area (Å²) in [5.41, 5.74) is 3.87. The van der Waals surface area contributed by atoms with Gasteiger partial charge in [0, 0.05) is 0 Å². The Bertz CT molecular complexity index is 413. The van der Waals surface area contributed by atoms with Crippen LogP contribution in [0.5, 0.6) is 0 Å². The Balaban J connectivity index is 0.000000845. The van der Waals surface area contributed by atoms with E-state index in [-0.39, 0.29) is 12.4 Å². The summed E-state index contributed by atoms with van der Waals surface area (Å²) in [6.07, 6.45) is 0. The van der Waals surface area contributed by atoms with E-state index in [1.54, 1.807) is 11.3 Å². The van der Waals surface area contributed by atoms with E-state index in [0.717, 1.165) is 5.13 Å². The Morgan fingerprint density at radius 3 is 2.69 bits per heavy atom. The number of halogens is 1. The fourth-order valence-electron chi connectivity index (χ4n) is 1.23. The maximum Gasteiger partial charge on any atom is 0.352 e. The van der Waals surface area contributed by atoms with Crippen molar-refractivity contribution in [2.45, 2.75) is 0 Å². The Morgan fingerprint density at radius 1 is 1.38 bits per heavy atom. The molecule has 1 aromatic heterocycles. The van der Waals surface area contributed by atoms with Crippen LogP contribution in [0, 0.1) is 0 Å².